The van der Waals surface area contributed by atoms with Crippen molar-refractivity contribution in [2.75, 3.05) is 13.6 Å². The molecule has 1 aromatic rings. The van der Waals surface area contributed by atoms with E-state index in [0.717, 1.165) is 28.5 Å². The highest BCUT2D eigenvalue weighted by Crippen LogP contribution is 2.30. The summed E-state index contributed by atoms with van der Waals surface area (Å²) in [5.41, 5.74) is 0. The van der Waals surface area contributed by atoms with Crippen LogP contribution in [0.4, 0.5) is 0 Å². The summed E-state index contributed by atoms with van der Waals surface area (Å²) >= 11 is 1.54. The molecule has 1 aromatic heterocycles. The van der Waals surface area contributed by atoms with Crippen molar-refractivity contribution in [1.82, 2.24) is 10.0 Å². The fourth-order valence-corrected chi connectivity index (χ4v) is 5.63. The van der Waals surface area contributed by atoms with Crippen LogP contribution in [-0.4, -0.2) is 22.0 Å². The summed E-state index contributed by atoms with van der Waals surface area (Å²) in [6.45, 7) is 5.39. The maximum atomic E-state index is 12.4. The second-order valence-corrected chi connectivity index (χ2v) is 8.88. The SMILES string of the molecule is CNCc1cc(S(=O)(=O)NCC2CCC(C)C2)c(C)s1. The number of aryl methyl sites for hydroxylation is 1. The van der Waals surface area contributed by atoms with Crippen LogP contribution in [0, 0.1) is 18.8 Å². The second-order valence-electron chi connectivity index (χ2n) is 5.80. The van der Waals surface area contributed by atoms with Crippen molar-refractivity contribution in [1.29, 1.82) is 0 Å². The second kappa shape index (κ2) is 6.56. The van der Waals surface area contributed by atoms with Crippen molar-refractivity contribution in [2.45, 2.75) is 44.6 Å². The van der Waals surface area contributed by atoms with Gasteiger partial charge in [0, 0.05) is 22.8 Å². The van der Waals surface area contributed by atoms with Gasteiger partial charge in [-0.3, -0.25) is 0 Å². The first-order valence-corrected chi connectivity index (χ1v) is 9.46. The van der Waals surface area contributed by atoms with E-state index in [-0.39, 0.29) is 0 Å². The molecule has 2 unspecified atom stereocenters. The molecule has 0 amide bonds. The average Bonchev–Trinajstić information content (AvgIpc) is 2.94. The minimum atomic E-state index is -3.36. The Bertz CT molecular complexity index is 552. The molecular weight excluding hydrogens is 292 g/mol. The number of hydrogen-bond acceptors (Lipinski definition) is 4. The van der Waals surface area contributed by atoms with Crippen LogP contribution in [0.1, 0.15) is 35.9 Å². The molecule has 20 heavy (non-hydrogen) atoms. The molecule has 1 fully saturated rings. The van der Waals surface area contributed by atoms with E-state index >= 15 is 0 Å². The number of rotatable bonds is 6. The van der Waals surface area contributed by atoms with E-state index in [9.17, 15) is 8.42 Å². The van der Waals surface area contributed by atoms with Crippen LogP contribution in [-0.2, 0) is 16.6 Å². The fourth-order valence-electron chi connectivity index (χ4n) is 2.87. The average molecular weight is 316 g/mol. The minimum absolute atomic E-state index is 0.443. The van der Waals surface area contributed by atoms with Gasteiger partial charge in [-0.05, 0) is 44.7 Å². The van der Waals surface area contributed by atoms with E-state index in [1.165, 1.54) is 6.42 Å². The molecule has 0 aliphatic heterocycles. The molecule has 1 aliphatic carbocycles. The molecule has 1 saturated carbocycles. The van der Waals surface area contributed by atoms with E-state index in [4.69, 9.17) is 0 Å². The van der Waals surface area contributed by atoms with Gasteiger partial charge in [0.1, 0.15) is 0 Å². The number of hydrogen-bond donors (Lipinski definition) is 2. The van der Waals surface area contributed by atoms with E-state index in [1.54, 1.807) is 17.4 Å². The van der Waals surface area contributed by atoms with Gasteiger partial charge in [0.2, 0.25) is 10.0 Å². The normalized spacial score (nSPS) is 23.4. The number of nitrogens with one attached hydrogen (secondary N) is 2. The van der Waals surface area contributed by atoms with E-state index < -0.39 is 10.0 Å². The van der Waals surface area contributed by atoms with Gasteiger partial charge in [-0.15, -0.1) is 11.3 Å². The molecule has 1 heterocycles. The van der Waals surface area contributed by atoms with Crippen molar-refractivity contribution in [3.63, 3.8) is 0 Å². The highest BCUT2D eigenvalue weighted by Gasteiger charge is 2.25. The van der Waals surface area contributed by atoms with Crippen molar-refractivity contribution in [3.8, 4) is 0 Å². The van der Waals surface area contributed by atoms with Crippen molar-refractivity contribution < 1.29 is 8.42 Å². The summed E-state index contributed by atoms with van der Waals surface area (Å²) in [5.74, 6) is 1.23. The van der Waals surface area contributed by atoms with E-state index in [0.29, 0.717) is 23.9 Å². The van der Waals surface area contributed by atoms with Crippen molar-refractivity contribution >= 4 is 21.4 Å². The maximum Gasteiger partial charge on any atom is 0.241 e. The summed E-state index contributed by atoms with van der Waals surface area (Å²) in [5, 5.41) is 3.05. The predicted octanol–water partition coefficient (Wildman–Crippen LogP) is 2.49. The molecular formula is C14H24N2O2S2. The molecule has 4 nitrogen and oxygen atoms in total. The molecule has 1 aliphatic rings. The molecule has 0 radical (unpaired) electrons. The van der Waals surface area contributed by atoms with Gasteiger partial charge >= 0.3 is 0 Å². The van der Waals surface area contributed by atoms with Gasteiger partial charge in [-0.25, -0.2) is 13.1 Å². The van der Waals surface area contributed by atoms with Crippen LogP contribution in [0.2, 0.25) is 0 Å². The van der Waals surface area contributed by atoms with Gasteiger partial charge in [0.25, 0.3) is 0 Å². The van der Waals surface area contributed by atoms with E-state index in [1.807, 2.05) is 14.0 Å². The van der Waals surface area contributed by atoms with Crippen LogP contribution in [0.3, 0.4) is 0 Å². The van der Waals surface area contributed by atoms with Crippen LogP contribution >= 0.6 is 11.3 Å². The first kappa shape index (κ1) is 15.9. The summed E-state index contributed by atoms with van der Waals surface area (Å²) in [4.78, 5) is 2.36. The lowest BCUT2D eigenvalue weighted by Gasteiger charge is -2.11. The highest BCUT2D eigenvalue weighted by atomic mass is 32.2. The molecule has 2 N–H and O–H groups in total. The smallest absolute Gasteiger partial charge is 0.241 e. The van der Waals surface area contributed by atoms with Gasteiger partial charge in [-0.1, -0.05) is 13.3 Å². The van der Waals surface area contributed by atoms with Gasteiger partial charge in [0.15, 0.2) is 0 Å². The molecule has 0 spiro atoms. The largest absolute Gasteiger partial charge is 0.315 e. The summed E-state index contributed by atoms with van der Waals surface area (Å²) in [6, 6.07) is 1.79. The Labute approximate surface area is 126 Å². The van der Waals surface area contributed by atoms with E-state index in [2.05, 4.69) is 17.0 Å². The quantitative estimate of drug-likeness (QED) is 0.848. The zero-order valence-electron chi connectivity index (χ0n) is 12.4. The van der Waals surface area contributed by atoms with Crippen LogP contribution in [0.25, 0.3) is 0 Å². The minimum Gasteiger partial charge on any atom is -0.315 e. The van der Waals surface area contributed by atoms with Crippen LogP contribution in [0.5, 0.6) is 0 Å². The third-order valence-corrected chi connectivity index (χ3v) is 6.66. The number of thiophene rings is 1. The van der Waals surface area contributed by atoms with Crippen molar-refractivity contribution in [2.24, 2.45) is 11.8 Å². The molecule has 6 heteroatoms. The van der Waals surface area contributed by atoms with Gasteiger partial charge in [-0.2, -0.15) is 0 Å². The summed E-state index contributed by atoms with van der Waals surface area (Å²) in [7, 11) is -1.50. The summed E-state index contributed by atoms with van der Waals surface area (Å²) < 4.78 is 27.6. The van der Waals surface area contributed by atoms with Gasteiger partial charge in [0.05, 0.1) is 4.90 Å². The molecule has 114 valence electrons. The third kappa shape index (κ3) is 3.81. The molecule has 0 saturated heterocycles. The monoisotopic (exact) mass is 316 g/mol. The molecule has 2 rings (SSSR count). The van der Waals surface area contributed by atoms with Crippen LogP contribution < -0.4 is 10.0 Å². The topological polar surface area (TPSA) is 58.2 Å². The Morgan fingerprint density at radius 3 is 2.75 bits per heavy atom. The molecule has 0 aromatic carbocycles. The third-order valence-electron chi connectivity index (χ3n) is 3.93. The van der Waals surface area contributed by atoms with Gasteiger partial charge < -0.3 is 5.32 Å². The maximum absolute atomic E-state index is 12.4. The lowest BCUT2D eigenvalue weighted by Crippen LogP contribution is -2.28. The van der Waals surface area contributed by atoms with Crippen LogP contribution in [0.15, 0.2) is 11.0 Å². The molecule has 0 bridgehead atoms. The standard InChI is InChI=1S/C14H24N2O2S2/c1-10-4-5-12(6-10)8-16-20(17,18)14-7-13(9-15-3)19-11(14)2/h7,10,12,15-16H,4-6,8-9H2,1-3H3. The Morgan fingerprint density at radius 1 is 1.40 bits per heavy atom. The fraction of sp³-hybridized carbons (Fsp3) is 0.714. The Balaban J connectivity index is 2.02. The first-order chi connectivity index (χ1) is 9.42. The zero-order valence-corrected chi connectivity index (χ0v) is 14.0. The highest BCUT2D eigenvalue weighted by molar-refractivity contribution is 7.89. The lowest BCUT2D eigenvalue weighted by atomic mass is 10.1. The Hall–Kier alpha value is -0.430. The lowest BCUT2D eigenvalue weighted by molar-refractivity contribution is 0.498. The number of sulfonamides is 1. The summed E-state index contributed by atoms with van der Waals surface area (Å²) in [6.07, 6.45) is 3.49. The zero-order chi connectivity index (χ0) is 14.8. The Kier molecular flexibility index (Phi) is 5.23. The Morgan fingerprint density at radius 2 is 2.15 bits per heavy atom. The first-order valence-electron chi connectivity index (χ1n) is 7.16. The van der Waals surface area contributed by atoms with Crippen molar-refractivity contribution in [3.05, 3.63) is 15.8 Å². The predicted molar refractivity (Wildman–Crippen MR) is 83.5 cm³/mol. The molecule has 2 atom stereocenters.